The highest BCUT2D eigenvalue weighted by Gasteiger charge is 2.72. The Morgan fingerprint density at radius 3 is 1.84 bits per heavy atom. The molecule has 5 aliphatic heterocycles. The summed E-state index contributed by atoms with van der Waals surface area (Å²) >= 11 is 0. The number of aromatic amines is 1. The van der Waals surface area contributed by atoms with Gasteiger partial charge in [-0.15, -0.1) is 0 Å². The Kier molecular flexibility index (Phi) is 20.1. The van der Waals surface area contributed by atoms with Crippen molar-refractivity contribution in [2.75, 3.05) is 25.6 Å². The summed E-state index contributed by atoms with van der Waals surface area (Å²) in [6, 6.07) is 0. The van der Waals surface area contributed by atoms with Crippen molar-refractivity contribution in [2.24, 2.45) is 50.2 Å². The molecule has 0 amide bonds. The van der Waals surface area contributed by atoms with E-state index in [-0.39, 0.29) is 47.5 Å². The number of hydrogen-bond donors (Lipinski definition) is 16. The number of rotatable bonds is 11. The third-order valence-corrected chi connectivity index (χ3v) is 23.9. The number of aliphatic hydroxyl groups is 14. The fourth-order valence-corrected chi connectivity index (χ4v) is 18.3. The molecule has 0 bridgehead atoms. The molecule has 7 heterocycles. The van der Waals surface area contributed by atoms with Crippen LogP contribution in [0.5, 0.6) is 0 Å². The van der Waals surface area contributed by atoms with Gasteiger partial charge in [-0.1, -0.05) is 60.1 Å². The van der Waals surface area contributed by atoms with Crippen molar-refractivity contribution >= 4 is 23.0 Å². The normalized spacial score (nSPS) is 50.3. The molecule has 2 aromatic rings. The number of imidazole rings is 1. The highest BCUT2D eigenvalue weighted by molar-refractivity contribution is 5.80. The van der Waals surface area contributed by atoms with E-state index in [0.29, 0.717) is 42.7 Å². The number of H-pyrrole nitrogens is 1. The fraction of sp³-hybridized carbons (Fsp3) is 0.873. The summed E-state index contributed by atoms with van der Waals surface area (Å²) in [4.78, 5) is 29.8. The maximum absolute atomic E-state index is 15.4. The number of fused-ring (bicyclic) bond motifs is 8. The van der Waals surface area contributed by atoms with Crippen molar-refractivity contribution < 1.29 is 124 Å². The smallest absolute Gasteiger partial charge is 0.317 e. The van der Waals surface area contributed by atoms with Gasteiger partial charge in [-0.05, 0) is 116 Å². The number of anilines is 1. The first-order valence-electron chi connectivity index (χ1n) is 32.7. The third kappa shape index (κ3) is 12.2. The molecule has 30 heteroatoms. The second-order valence-corrected chi connectivity index (χ2v) is 30.1. The van der Waals surface area contributed by atoms with Crippen molar-refractivity contribution in [1.82, 2.24) is 19.9 Å². The van der Waals surface area contributed by atoms with Crippen molar-refractivity contribution in [2.45, 2.75) is 274 Å². The minimum Gasteiger partial charge on any atom is -0.432 e. The summed E-state index contributed by atoms with van der Waals surface area (Å²) < 4.78 is 59.6. The van der Waals surface area contributed by atoms with E-state index in [9.17, 15) is 71.5 Å². The third-order valence-electron chi connectivity index (χ3n) is 23.9. The van der Waals surface area contributed by atoms with Crippen LogP contribution in [0.2, 0.25) is 0 Å². The summed E-state index contributed by atoms with van der Waals surface area (Å²) in [5.41, 5.74) is 4.50. The SMILES string of the molecule is CC1OC(OC2CCC3(C)C(CCC4(C)C3CC=C3C5CC(C)(C)CCC5(C(=O)OC5OCC(O)C(O)C5OC5OC(C)C(OC6OC(CO)C(O)C(O)C6O)C(O)C5O)C(O)CC34C)C2(C)C)C(O)C(O)C1OC1OCC(O)C(O)C1O.Nc1ncnc2nc[nH]c12. The van der Waals surface area contributed by atoms with Crippen molar-refractivity contribution in [1.29, 1.82) is 0 Å². The number of aromatic nitrogens is 4. The van der Waals surface area contributed by atoms with Crippen LogP contribution in [0.25, 0.3) is 11.2 Å². The Balaban J connectivity index is 0.000000801. The highest BCUT2D eigenvalue weighted by Crippen LogP contribution is 2.76. The summed E-state index contributed by atoms with van der Waals surface area (Å²) in [5, 5.41) is 152. The molecule has 4 saturated carbocycles. The topological polar surface area (TPSA) is 473 Å². The average Bonchev–Trinajstić information content (AvgIpc) is 1.03. The predicted octanol–water partition coefficient (Wildman–Crippen LogP) is -1.97. The molecule has 9 fully saturated rings. The molecule has 10 aliphatic rings. The van der Waals surface area contributed by atoms with E-state index in [1.807, 2.05) is 0 Å². The zero-order valence-corrected chi connectivity index (χ0v) is 54.1. The largest absolute Gasteiger partial charge is 0.432 e. The number of nitrogens with one attached hydrogen (secondary N) is 1. The van der Waals surface area contributed by atoms with Gasteiger partial charge in [0.25, 0.3) is 0 Å². The molecule has 32 atom stereocenters. The molecule has 17 N–H and O–H groups in total. The van der Waals surface area contributed by atoms with Gasteiger partial charge in [0.15, 0.2) is 42.7 Å². The highest BCUT2D eigenvalue weighted by atomic mass is 16.8. The number of nitrogen functional groups attached to an aromatic ring is 1. The van der Waals surface area contributed by atoms with E-state index in [0.717, 1.165) is 24.8 Å². The van der Waals surface area contributed by atoms with E-state index in [2.05, 4.69) is 74.5 Å². The molecule has 0 radical (unpaired) electrons. The van der Waals surface area contributed by atoms with Crippen LogP contribution in [0, 0.1) is 50.2 Å². The van der Waals surface area contributed by atoms with Crippen molar-refractivity contribution in [3.8, 4) is 0 Å². The zero-order valence-electron chi connectivity index (χ0n) is 54.1. The molecule has 5 aliphatic carbocycles. The molecule has 93 heavy (non-hydrogen) atoms. The lowest BCUT2D eigenvalue weighted by molar-refractivity contribution is -0.374. The van der Waals surface area contributed by atoms with Crippen LogP contribution in [0.15, 0.2) is 24.3 Å². The van der Waals surface area contributed by atoms with Gasteiger partial charge in [-0.25, -0.2) is 15.0 Å². The standard InChI is InChI=1S/C58H94O25.C5H5N5/c1-23-44(80-47-40(69)34(63)27(60)21-74-47)38(67)42(71)48(76-23)79-33-13-14-55(7)30(54(33,5)6)12-15-56(8)31(55)11-10-25-26-18-53(3,4)16-17-58(26,32(62)19-57(25,56)9)52(73)83-51-46(35(64)28(61)22-75-51)82-49-43(72)39(68)45(24(2)77-49)81-50-41(70)37(66)36(65)29(20-59)78-50;6-4-3-5(9-1-7-3)10-2-8-4/h10,23-24,26-51,59-72H,11-22H2,1-9H3;1-2H,(H3,6,7,8,9,10). The maximum atomic E-state index is 15.4. The minimum absolute atomic E-state index is 0.129. The first kappa shape index (κ1) is 70.9. The Hall–Kier alpha value is -3.36. The molecule has 32 unspecified atom stereocenters. The molecule has 12 rings (SSSR count). The molecular formula is C63H99N5O25. The number of hydrogen-bond acceptors (Lipinski definition) is 29. The average molecular weight is 1330 g/mol. The van der Waals surface area contributed by atoms with E-state index in [1.165, 1.54) is 19.6 Å². The Bertz CT molecular complexity index is 2970. The molecule has 5 saturated heterocycles. The summed E-state index contributed by atoms with van der Waals surface area (Å²) in [6.07, 6.45) is -26.3. The summed E-state index contributed by atoms with van der Waals surface area (Å²) in [5.74, 6) is -0.569. The van der Waals surface area contributed by atoms with Gasteiger partial charge in [-0.3, -0.25) is 4.79 Å². The van der Waals surface area contributed by atoms with Gasteiger partial charge in [0, 0.05) is 0 Å². The first-order chi connectivity index (χ1) is 43.6. The lowest BCUT2D eigenvalue weighted by Gasteiger charge is -2.71. The van der Waals surface area contributed by atoms with E-state index < -0.39 is 195 Å². The Morgan fingerprint density at radius 1 is 0.613 bits per heavy atom. The van der Waals surface area contributed by atoms with Gasteiger partial charge < -0.3 is 130 Å². The van der Waals surface area contributed by atoms with E-state index in [1.54, 1.807) is 6.92 Å². The number of aliphatic hydroxyl groups excluding tert-OH is 14. The number of carbonyl (C=O) groups is 1. The monoisotopic (exact) mass is 1330 g/mol. The number of carbonyl (C=O) groups excluding carboxylic acids is 1. The molecule has 2 aromatic heterocycles. The number of allylic oxidation sites excluding steroid dienone is 2. The Labute approximate surface area is 538 Å². The number of nitrogens with two attached hydrogens (primary N) is 1. The van der Waals surface area contributed by atoms with Crippen LogP contribution in [0.3, 0.4) is 0 Å². The molecule has 30 nitrogen and oxygen atoms in total. The molecule has 0 spiro atoms. The predicted molar refractivity (Wildman–Crippen MR) is 318 cm³/mol. The van der Waals surface area contributed by atoms with Gasteiger partial charge in [-0.2, -0.15) is 0 Å². The van der Waals surface area contributed by atoms with Crippen LogP contribution in [0.4, 0.5) is 5.82 Å². The van der Waals surface area contributed by atoms with Crippen LogP contribution < -0.4 is 5.73 Å². The summed E-state index contributed by atoms with van der Waals surface area (Å²) in [6.45, 7) is 17.2. The summed E-state index contributed by atoms with van der Waals surface area (Å²) in [7, 11) is 0. The van der Waals surface area contributed by atoms with Gasteiger partial charge in [0.1, 0.15) is 109 Å². The van der Waals surface area contributed by atoms with Crippen LogP contribution >= 0.6 is 0 Å². The first-order valence-corrected chi connectivity index (χ1v) is 32.7. The quantitative estimate of drug-likeness (QED) is 0.0659. The van der Waals surface area contributed by atoms with Gasteiger partial charge in [0.05, 0.1) is 50.6 Å². The fourth-order valence-electron chi connectivity index (χ4n) is 18.3. The maximum Gasteiger partial charge on any atom is 0.317 e. The van der Waals surface area contributed by atoms with Crippen molar-refractivity contribution in [3.05, 3.63) is 24.3 Å². The lowest BCUT2D eigenvalue weighted by Crippen LogP contribution is -2.68. The van der Waals surface area contributed by atoms with Crippen LogP contribution in [-0.2, 0) is 52.2 Å². The van der Waals surface area contributed by atoms with E-state index in [4.69, 9.17) is 53.1 Å². The van der Waals surface area contributed by atoms with Gasteiger partial charge in [0.2, 0.25) is 6.29 Å². The van der Waals surface area contributed by atoms with Gasteiger partial charge >= 0.3 is 5.97 Å². The Morgan fingerprint density at radius 2 is 1.19 bits per heavy atom. The zero-order chi connectivity index (χ0) is 67.6. The lowest BCUT2D eigenvalue weighted by atomic mass is 9.33. The minimum atomic E-state index is -1.93. The molecule has 0 aromatic carbocycles. The number of ether oxygens (including phenoxy) is 10. The molecular weight excluding hydrogens is 1230 g/mol. The second-order valence-electron chi connectivity index (χ2n) is 30.1. The van der Waals surface area contributed by atoms with Crippen LogP contribution in [-0.4, -0.2) is 271 Å². The number of esters is 1. The van der Waals surface area contributed by atoms with Crippen LogP contribution in [0.1, 0.15) is 120 Å². The van der Waals surface area contributed by atoms with E-state index >= 15 is 4.79 Å². The second kappa shape index (κ2) is 26.4. The number of nitrogens with zero attached hydrogens (tertiary/aromatic N) is 3. The van der Waals surface area contributed by atoms with Crippen molar-refractivity contribution in [3.63, 3.8) is 0 Å². The molecule has 526 valence electrons.